The van der Waals surface area contributed by atoms with E-state index in [-0.39, 0.29) is 0 Å². The molecule has 1 atom stereocenters. The van der Waals surface area contributed by atoms with Crippen LogP contribution in [0.15, 0.2) is 54.9 Å². The van der Waals surface area contributed by atoms with E-state index < -0.39 is 0 Å². The van der Waals surface area contributed by atoms with Crippen molar-refractivity contribution >= 4 is 6.08 Å². The number of aromatic nitrogens is 1. The Kier molecular flexibility index (Phi) is 4.86. The fourth-order valence-electron chi connectivity index (χ4n) is 3.02. The van der Waals surface area contributed by atoms with Gasteiger partial charge in [-0.25, -0.2) is 0 Å². The highest BCUT2D eigenvalue weighted by molar-refractivity contribution is 5.57. The number of likely N-dealkylation sites (tertiary alicyclic amines) is 1. The Balaban J connectivity index is 1.56. The highest BCUT2D eigenvalue weighted by Crippen LogP contribution is 2.26. The van der Waals surface area contributed by atoms with Crippen LogP contribution in [0.1, 0.15) is 23.5 Å². The van der Waals surface area contributed by atoms with E-state index in [0.29, 0.717) is 5.92 Å². The lowest BCUT2D eigenvalue weighted by molar-refractivity contribution is 0.372. The summed E-state index contributed by atoms with van der Waals surface area (Å²) in [7, 11) is 1.71. The molecule has 1 aliphatic rings. The van der Waals surface area contributed by atoms with Crippen LogP contribution in [-0.4, -0.2) is 36.6 Å². The molecule has 0 spiro atoms. The molecule has 0 radical (unpaired) electrons. The predicted molar refractivity (Wildman–Crippen MR) is 90.1 cm³/mol. The van der Waals surface area contributed by atoms with E-state index in [1.54, 1.807) is 7.11 Å². The summed E-state index contributed by atoms with van der Waals surface area (Å²) >= 11 is 0. The first-order valence-corrected chi connectivity index (χ1v) is 7.78. The van der Waals surface area contributed by atoms with Gasteiger partial charge in [0, 0.05) is 31.0 Å². The second kappa shape index (κ2) is 7.23. The van der Waals surface area contributed by atoms with Crippen molar-refractivity contribution in [1.29, 1.82) is 0 Å². The molecule has 3 heteroatoms. The summed E-state index contributed by atoms with van der Waals surface area (Å²) in [4.78, 5) is 6.72. The Bertz CT molecular complexity index is 624. The van der Waals surface area contributed by atoms with Crippen molar-refractivity contribution in [2.45, 2.75) is 12.3 Å². The maximum absolute atomic E-state index is 5.37. The van der Waals surface area contributed by atoms with Crippen molar-refractivity contribution < 1.29 is 4.74 Å². The lowest BCUT2D eigenvalue weighted by Crippen LogP contribution is -2.20. The third kappa shape index (κ3) is 3.55. The van der Waals surface area contributed by atoms with Gasteiger partial charge in [-0.2, -0.15) is 0 Å². The van der Waals surface area contributed by atoms with Gasteiger partial charge in [0.15, 0.2) is 0 Å². The van der Waals surface area contributed by atoms with Crippen molar-refractivity contribution in [3.05, 3.63) is 66.0 Å². The molecule has 0 N–H and O–H groups in total. The van der Waals surface area contributed by atoms with Crippen molar-refractivity contribution in [2.24, 2.45) is 0 Å². The number of benzene rings is 1. The van der Waals surface area contributed by atoms with E-state index >= 15 is 0 Å². The van der Waals surface area contributed by atoms with Crippen molar-refractivity contribution in [3.63, 3.8) is 0 Å². The first-order chi connectivity index (χ1) is 10.9. The number of rotatable bonds is 5. The van der Waals surface area contributed by atoms with Gasteiger partial charge >= 0.3 is 0 Å². The third-order valence-corrected chi connectivity index (χ3v) is 4.23. The van der Waals surface area contributed by atoms with E-state index in [0.717, 1.165) is 30.9 Å². The Hall–Kier alpha value is -2.13. The Morgan fingerprint density at radius 2 is 2.18 bits per heavy atom. The van der Waals surface area contributed by atoms with Gasteiger partial charge in [0.25, 0.3) is 0 Å². The lowest BCUT2D eigenvalue weighted by Gasteiger charge is -2.13. The van der Waals surface area contributed by atoms with Crippen molar-refractivity contribution in [1.82, 2.24) is 9.88 Å². The highest BCUT2D eigenvalue weighted by Gasteiger charge is 2.22. The number of methoxy groups -OCH3 is 1. The molecule has 1 aliphatic heterocycles. The average Bonchev–Trinajstić information content (AvgIpc) is 3.05. The van der Waals surface area contributed by atoms with Crippen LogP contribution in [0.4, 0.5) is 0 Å². The molecule has 1 aromatic carbocycles. The fourth-order valence-corrected chi connectivity index (χ4v) is 3.02. The van der Waals surface area contributed by atoms with Gasteiger partial charge in [-0.1, -0.05) is 36.4 Å². The summed E-state index contributed by atoms with van der Waals surface area (Å²) in [5, 5.41) is 0. The van der Waals surface area contributed by atoms with E-state index in [9.17, 15) is 0 Å². The molecular weight excluding hydrogens is 272 g/mol. The zero-order chi connectivity index (χ0) is 15.2. The minimum atomic E-state index is 0.619. The molecule has 1 unspecified atom stereocenters. The van der Waals surface area contributed by atoms with Gasteiger partial charge in [0.05, 0.1) is 7.11 Å². The van der Waals surface area contributed by atoms with Gasteiger partial charge in [0.2, 0.25) is 0 Å². The van der Waals surface area contributed by atoms with Crippen LogP contribution in [-0.2, 0) is 0 Å². The topological polar surface area (TPSA) is 25.4 Å². The van der Waals surface area contributed by atoms with Gasteiger partial charge < -0.3 is 4.74 Å². The highest BCUT2D eigenvalue weighted by atomic mass is 16.5. The zero-order valence-electron chi connectivity index (χ0n) is 13.0. The number of para-hydroxylation sites is 1. The van der Waals surface area contributed by atoms with Crippen molar-refractivity contribution in [2.75, 3.05) is 26.7 Å². The van der Waals surface area contributed by atoms with E-state index in [2.05, 4.69) is 34.2 Å². The van der Waals surface area contributed by atoms with Crippen LogP contribution >= 0.6 is 0 Å². The molecule has 1 saturated heterocycles. The second-order valence-electron chi connectivity index (χ2n) is 5.68. The minimum absolute atomic E-state index is 0.619. The van der Waals surface area contributed by atoms with E-state index in [1.165, 1.54) is 12.0 Å². The summed E-state index contributed by atoms with van der Waals surface area (Å²) < 4.78 is 5.37. The largest absolute Gasteiger partial charge is 0.496 e. The second-order valence-corrected chi connectivity index (χ2v) is 5.68. The number of pyridine rings is 1. The summed E-state index contributed by atoms with van der Waals surface area (Å²) in [5.74, 6) is 1.54. The summed E-state index contributed by atoms with van der Waals surface area (Å²) in [6.45, 7) is 3.24. The quantitative estimate of drug-likeness (QED) is 0.842. The third-order valence-electron chi connectivity index (χ3n) is 4.23. The Morgan fingerprint density at radius 1 is 1.27 bits per heavy atom. The smallest absolute Gasteiger partial charge is 0.126 e. The van der Waals surface area contributed by atoms with Crippen LogP contribution in [0.5, 0.6) is 5.75 Å². The number of hydrogen-bond acceptors (Lipinski definition) is 3. The maximum Gasteiger partial charge on any atom is 0.126 e. The number of hydrogen-bond donors (Lipinski definition) is 0. The molecule has 114 valence electrons. The van der Waals surface area contributed by atoms with Crippen LogP contribution in [0.25, 0.3) is 6.08 Å². The van der Waals surface area contributed by atoms with E-state index in [4.69, 9.17) is 4.74 Å². The SMILES string of the molecule is COc1ccccc1/C=C/CN1CCC(c2cccnc2)C1. The van der Waals surface area contributed by atoms with Gasteiger partial charge in [-0.15, -0.1) is 0 Å². The predicted octanol–water partition coefficient (Wildman–Crippen LogP) is 3.59. The average molecular weight is 294 g/mol. The van der Waals surface area contributed by atoms with Crippen LogP contribution in [0.3, 0.4) is 0 Å². The molecule has 0 bridgehead atoms. The molecule has 2 aromatic rings. The zero-order valence-corrected chi connectivity index (χ0v) is 13.0. The first kappa shape index (κ1) is 14.8. The summed E-state index contributed by atoms with van der Waals surface area (Å²) in [6.07, 6.45) is 9.43. The molecular formula is C19H22N2O. The van der Waals surface area contributed by atoms with E-state index in [1.807, 2.05) is 36.7 Å². The molecule has 3 nitrogen and oxygen atoms in total. The maximum atomic E-state index is 5.37. The molecule has 1 aromatic heterocycles. The standard InChI is InChI=1S/C19H22N2O/c1-22-19-9-3-2-6-16(19)8-5-12-21-13-10-18(15-21)17-7-4-11-20-14-17/h2-9,11,14,18H,10,12-13,15H2,1H3/b8-5+. The molecule has 1 fully saturated rings. The molecule has 0 aliphatic carbocycles. The van der Waals surface area contributed by atoms with Crippen LogP contribution in [0, 0.1) is 0 Å². The molecule has 22 heavy (non-hydrogen) atoms. The summed E-state index contributed by atoms with van der Waals surface area (Å²) in [5.41, 5.74) is 2.49. The molecule has 3 rings (SSSR count). The summed E-state index contributed by atoms with van der Waals surface area (Å²) in [6, 6.07) is 12.3. The van der Waals surface area contributed by atoms with Gasteiger partial charge in [-0.05, 0) is 36.6 Å². The fraction of sp³-hybridized carbons (Fsp3) is 0.316. The molecule has 0 saturated carbocycles. The van der Waals surface area contributed by atoms with Gasteiger partial charge in [-0.3, -0.25) is 9.88 Å². The van der Waals surface area contributed by atoms with Gasteiger partial charge in [0.1, 0.15) is 5.75 Å². The lowest BCUT2D eigenvalue weighted by atomic mass is 10.0. The monoisotopic (exact) mass is 294 g/mol. The molecule has 2 heterocycles. The number of nitrogens with zero attached hydrogens (tertiary/aromatic N) is 2. The minimum Gasteiger partial charge on any atom is -0.496 e. The number of ether oxygens (including phenoxy) is 1. The van der Waals surface area contributed by atoms with Crippen LogP contribution < -0.4 is 4.74 Å². The van der Waals surface area contributed by atoms with Crippen molar-refractivity contribution in [3.8, 4) is 5.75 Å². The first-order valence-electron chi connectivity index (χ1n) is 7.78. The Morgan fingerprint density at radius 3 is 3.00 bits per heavy atom. The normalized spacial score (nSPS) is 18.9. The molecule has 0 amide bonds. The Labute approximate surface area is 132 Å². The van der Waals surface area contributed by atoms with Crippen LogP contribution in [0.2, 0.25) is 0 Å².